The molecule has 0 saturated carbocycles. The molecule has 1 N–H and O–H groups in total. The summed E-state index contributed by atoms with van der Waals surface area (Å²) in [7, 11) is 0. The first kappa shape index (κ1) is 17.2. The van der Waals surface area contributed by atoms with Crippen LogP contribution in [0.3, 0.4) is 0 Å². The Morgan fingerprint density at radius 2 is 2.00 bits per heavy atom. The minimum absolute atomic E-state index is 0.0892. The lowest BCUT2D eigenvalue weighted by Crippen LogP contribution is -2.11. The summed E-state index contributed by atoms with van der Waals surface area (Å²) in [6.07, 6.45) is 0. The molecule has 2 heterocycles. The summed E-state index contributed by atoms with van der Waals surface area (Å²) in [6, 6.07) is 9.81. The largest absolute Gasteiger partial charge is 0.481 e. The lowest BCUT2D eigenvalue weighted by atomic mass is 10.1. The fraction of sp³-hybridized carbons (Fsp3) is 0.294. The van der Waals surface area contributed by atoms with E-state index in [-0.39, 0.29) is 11.8 Å². The van der Waals surface area contributed by atoms with Crippen LogP contribution in [0.25, 0.3) is 11.6 Å². The van der Waals surface area contributed by atoms with Crippen LogP contribution in [0, 0.1) is 13.8 Å². The van der Waals surface area contributed by atoms with E-state index in [1.54, 1.807) is 6.92 Å². The Morgan fingerprint density at radius 3 is 2.60 bits per heavy atom. The number of aromatic nitrogens is 4. The Labute approximate surface area is 149 Å². The lowest BCUT2D eigenvalue weighted by Gasteiger charge is -2.17. The number of oxazole rings is 1. The highest BCUT2D eigenvalue weighted by Crippen LogP contribution is 2.32. The summed E-state index contributed by atoms with van der Waals surface area (Å²) in [5, 5.41) is 18.0. The van der Waals surface area contributed by atoms with Gasteiger partial charge in [0.25, 0.3) is 0 Å². The first-order chi connectivity index (χ1) is 12.0. The molecule has 0 unspecified atom stereocenters. The molecule has 0 amide bonds. The van der Waals surface area contributed by atoms with Gasteiger partial charge in [0.15, 0.2) is 16.8 Å². The molecular formula is C17H18N4O3S. The van der Waals surface area contributed by atoms with Crippen molar-refractivity contribution in [2.45, 2.75) is 32.0 Å². The van der Waals surface area contributed by atoms with Gasteiger partial charge in [-0.15, -0.1) is 10.2 Å². The predicted octanol–water partition coefficient (Wildman–Crippen LogP) is 3.34. The van der Waals surface area contributed by atoms with Gasteiger partial charge in [-0.3, -0.25) is 9.36 Å². The molecule has 1 aromatic carbocycles. The van der Waals surface area contributed by atoms with E-state index < -0.39 is 5.97 Å². The third-order valence-corrected chi connectivity index (χ3v) is 4.69. The molecular weight excluding hydrogens is 340 g/mol. The van der Waals surface area contributed by atoms with E-state index in [9.17, 15) is 4.79 Å². The van der Waals surface area contributed by atoms with E-state index in [2.05, 4.69) is 15.2 Å². The van der Waals surface area contributed by atoms with Gasteiger partial charge in [0.1, 0.15) is 0 Å². The molecule has 3 rings (SSSR count). The summed E-state index contributed by atoms with van der Waals surface area (Å²) >= 11 is 1.13. The number of hydrogen-bond donors (Lipinski definition) is 1. The van der Waals surface area contributed by atoms with Crippen molar-refractivity contribution in [3.8, 4) is 11.6 Å². The van der Waals surface area contributed by atoms with Crippen molar-refractivity contribution in [2.24, 2.45) is 0 Å². The zero-order valence-corrected chi connectivity index (χ0v) is 14.9. The number of aliphatic carboxylic acids is 1. The maximum absolute atomic E-state index is 11.0. The molecule has 1 atom stereocenters. The van der Waals surface area contributed by atoms with Crippen molar-refractivity contribution in [2.75, 3.05) is 5.75 Å². The Balaban J connectivity index is 2.09. The lowest BCUT2D eigenvalue weighted by molar-refractivity contribution is -0.133. The average Bonchev–Trinajstić information content (AvgIpc) is 3.15. The van der Waals surface area contributed by atoms with Crippen molar-refractivity contribution in [3.63, 3.8) is 0 Å². The summed E-state index contributed by atoms with van der Waals surface area (Å²) in [6.45, 7) is 5.64. The van der Waals surface area contributed by atoms with Crippen LogP contribution in [0.5, 0.6) is 0 Å². The van der Waals surface area contributed by atoms with Gasteiger partial charge < -0.3 is 9.52 Å². The molecule has 25 heavy (non-hydrogen) atoms. The number of hydrogen-bond acceptors (Lipinski definition) is 6. The van der Waals surface area contributed by atoms with E-state index in [1.807, 2.05) is 48.7 Å². The van der Waals surface area contributed by atoms with Crippen LogP contribution >= 0.6 is 11.8 Å². The molecule has 0 bridgehead atoms. The monoisotopic (exact) mass is 358 g/mol. The molecule has 3 aromatic rings. The second kappa shape index (κ2) is 7.10. The summed E-state index contributed by atoms with van der Waals surface area (Å²) in [4.78, 5) is 15.2. The summed E-state index contributed by atoms with van der Waals surface area (Å²) < 4.78 is 7.60. The van der Waals surface area contributed by atoms with E-state index in [0.29, 0.717) is 22.6 Å². The molecule has 8 heteroatoms. The second-order valence-electron chi connectivity index (χ2n) is 5.59. The quantitative estimate of drug-likeness (QED) is 0.675. The van der Waals surface area contributed by atoms with Gasteiger partial charge in [-0.25, -0.2) is 4.98 Å². The van der Waals surface area contributed by atoms with Gasteiger partial charge >= 0.3 is 5.97 Å². The van der Waals surface area contributed by atoms with Crippen LogP contribution in [0.1, 0.15) is 30.1 Å². The number of rotatable bonds is 6. The van der Waals surface area contributed by atoms with Gasteiger partial charge in [0.05, 0.1) is 17.5 Å². The summed E-state index contributed by atoms with van der Waals surface area (Å²) in [5.74, 6) is 0.653. The topological polar surface area (TPSA) is 94.0 Å². The van der Waals surface area contributed by atoms with E-state index in [1.165, 1.54) is 0 Å². The van der Waals surface area contributed by atoms with Crippen molar-refractivity contribution in [1.82, 2.24) is 19.7 Å². The first-order valence-electron chi connectivity index (χ1n) is 7.76. The highest BCUT2D eigenvalue weighted by atomic mass is 32.2. The fourth-order valence-electron chi connectivity index (χ4n) is 2.63. The van der Waals surface area contributed by atoms with Gasteiger partial charge in [-0.1, -0.05) is 42.1 Å². The Hall–Kier alpha value is -2.61. The van der Waals surface area contributed by atoms with Crippen molar-refractivity contribution in [3.05, 3.63) is 47.5 Å². The van der Waals surface area contributed by atoms with Gasteiger partial charge in [-0.05, 0) is 19.4 Å². The zero-order valence-electron chi connectivity index (χ0n) is 14.1. The number of nitrogens with zero attached hydrogens (tertiary/aromatic N) is 4. The molecule has 130 valence electrons. The Kier molecular flexibility index (Phi) is 4.89. The van der Waals surface area contributed by atoms with Crippen LogP contribution in [-0.4, -0.2) is 36.6 Å². The molecule has 0 aliphatic carbocycles. The van der Waals surface area contributed by atoms with Crippen LogP contribution < -0.4 is 0 Å². The van der Waals surface area contributed by atoms with Crippen LogP contribution in [0.2, 0.25) is 0 Å². The predicted molar refractivity (Wildman–Crippen MR) is 93.6 cm³/mol. The molecule has 0 aliphatic heterocycles. The molecule has 0 spiro atoms. The van der Waals surface area contributed by atoms with E-state index in [4.69, 9.17) is 9.52 Å². The highest BCUT2D eigenvalue weighted by molar-refractivity contribution is 7.99. The van der Waals surface area contributed by atoms with Crippen molar-refractivity contribution < 1.29 is 14.3 Å². The maximum Gasteiger partial charge on any atom is 0.313 e. The second-order valence-corrected chi connectivity index (χ2v) is 6.54. The first-order valence-corrected chi connectivity index (χ1v) is 8.74. The number of carboxylic acids is 1. The number of thioether (sulfide) groups is 1. The van der Waals surface area contributed by atoms with Gasteiger partial charge in [-0.2, -0.15) is 0 Å². The van der Waals surface area contributed by atoms with Gasteiger partial charge in [0.2, 0.25) is 5.82 Å². The molecule has 2 aromatic heterocycles. The highest BCUT2D eigenvalue weighted by Gasteiger charge is 2.24. The Bertz CT molecular complexity index is 889. The molecule has 0 fully saturated rings. The number of carbonyl (C=O) groups is 1. The number of aryl methyl sites for hydroxylation is 2. The standard InChI is InChI=1S/C17H18N4O3S/c1-10-15(24-12(3)18-10)16-19-20-17(25-9-14(22)23)21(16)11(2)13-7-5-4-6-8-13/h4-8,11H,9H2,1-3H3,(H,22,23)/t11-/m0/s1. The average molecular weight is 358 g/mol. The van der Waals surface area contributed by atoms with Gasteiger partial charge in [0, 0.05) is 6.92 Å². The molecule has 0 radical (unpaired) electrons. The maximum atomic E-state index is 11.0. The van der Waals surface area contributed by atoms with Crippen molar-refractivity contribution >= 4 is 17.7 Å². The minimum Gasteiger partial charge on any atom is -0.481 e. The van der Waals surface area contributed by atoms with Crippen LogP contribution in [-0.2, 0) is 4.79 Å². The van der Waals surface area contributed by atoms with Crippen molar-refractivity contribution in [1.29, 1.82) is 0 Å². The third-order valence-electron chi connectivity index (χ3n) is 3.77. The van der Waals surface area contributed by atoms with Crippen LogP contribution in [0.4, 0.5) is 0 Å². The number of benzene rings is 1. The SMILES string of the molecule is Cc1nc(C)c(-c2nnc(SCC(=O)O)n2[C@@H](C)c2ccccc2)o1. The summed E-state index contributed by atoms with van der Waals surface area (Å²) in [5.41, 5.74) is 1.79. The molecule has 7 nitrogen and oxygen atoms in total. The zero-order chi connectivity index (χ0) is 18.0. The van der Waals surface area contributed by atoms with Crippen LogP contribution in [0.15, 0.2) is 39.9 Å². The van der Waals surface area contributed by atoms with E-state index >= 15 is 0 Å². The smallest absolute Gasteiger partial charge is 0.313 e. The van der Waals surface area contributed by atoms with E-state index in [0.717, 1.165) is 23.0 Å². The normalized spacial score (nSPS) is 12.3. The molecule has 0 saturated heterocycles. The Morgan fingerprint density at radius 1 is 1.28 bits per heavy atom. The fourth-order valence-corrected chi connectivity index (χ4v) is 3.36. The molecule has 0 aliphatic rings. The minimum atomic E-state index is -0.903. The third kappa shape index (κ3) is 3.58. The number of carboxylic acid groups (broad SMARTS) is 1.